The van der Waals surface area contributed by atoms with E-state index in [4.69, 9.17) is 0 Å². The van der Waals surface area contributed by atoms with Crippen LogP contribution in [0.2, 0.25) is 0 Å². The van der Waals surface area contributed by atoms with Gasteiger partial charge in [-0.1, -0.05) is 0 Å². The third-order valence-electron chi connectivity index (χ3n) is 3.22. The lowest BCUT2D eigenvalue weighted by molar-refractivity contribution is -0.144. The van der Waals surface area contributed by atoms with E-state index in [1.54, 1.807) is 19.4 Å². The Hall–Kier alpha value is -1.36. The number of hydrogen-bond donors (Lipinski definition) is 2. The van der Waals surface area contributed by atoms with Gasteiger partial charge in [0.25, 0.3) is 0 Å². The molecule has 94 valence electrons. The van der Waals surface area contributed by atoms with Crippen LogP contribution >= 0.6 is 0 Å². The van der Waals surface area contributed by atoms with Gasteiger partial charge in [0.15, 0.2) is 0 Å². The van der Waals surface area contributed by atoms with Crippen LogP contribution in [-0.4, -0.2) is 32.2 Å². The Morgan fingerprint density at radius 1 is 1.65 bits per heavy atom. The van der Waals surface area contributed by atoms with E-state index in [2.05, 4.69) is 10.3 Å². The van der Waals surface area contributed by atoms with Crippen LogP contribution in [0.1, 0.15) is 32.6 Å². The van der Waals surface area contributed by atoms with Crippen molar-refractivity contribution in [1.82, 2.24) is 14.9 Å². The summed E-state index contributed by atoms with van der Waals surface area (Å²) in [6.07, 6.45) is 9.06. The second kappa shape index (κ2) is 4.87. The molecule has 1 atom stereocenters. The molecule has 1 unspecified atom stereocenters. The summed E-state index contributed by atoms with van der Waals surface area (Å²) in [4.78, 5) is 15.3. The van der Waals surface area contributed by atoms with Gasteiger partial charge in [-0.25, -0.2) is 4.98 Å². The zero-order chi connectivity index (χ0) is 12.3. The Morgan fingerprint density at radius 3 is 2.94 bits per heavy atom. The number of rotatable bonds is 7. The molecule has 1 aliphatic carbocycles. The van der Waals surface area contributed by atoms with E-state index >= 15 is 0 Å². The Morgan fingerprint density at radius 2 is 2.41 bits per heavy atom. The molecule has 5 heteroatoms. The van der Waals surface area contributed by atoms with Crippen LogP contribution in [-0.2, 0) is 11.3 Å². The first-order chi connectivity index (χ1) is 8.10. The molecule has 1 saturated carbocycles. The summed E-state index contributed by atoms with van der Waals surface area (Å²) in [5, 5.41) is 12.5. The molecule has 0 radical (unpaired) electrons. The number of carboxylic acid groups (broad SMARTS) is 1. The van der Waals surface area contributed by atoms with Crippen LogP contribution < -0.4 is 5.32 Å². The lowest BCUT2D eigenvalue weighted by Crippen LogP contribution is -2.50. The number of nitrogens with one attached hydrogen (secondary N) is 1. The quantitative estimate of drug-likeness (QED) is 0.749. The zero-order valence-electron chi connectivity index (χ0n) is 10.1. The molecule has 1 aliphatic rings. The van der Waals surface area contributed by atoms with Crippen molar-refractivity contribution < 1.29 is 9.90 Å². The molecule has 0 saturated heterocycles. The van der Waals surface area contributed by atoms with Gasteiger partial charge in [-0.2, -0.15) is 0 Å². The van der Waals surface area contributed by atoms with E-state index in [0.29, 0.717) is 12.5 Å². The summed E-state index contributed by atoms with van der Waals surface area (Å²) in [6.45, 7) is 2.59. The van der Waals surface area contributed by atoms with Crippen molar-refractivity contribution in [1.29, 1.82) is 0 Å². The molecule has 0 aliphatic heterocycles. The van der Waals surface area contributed by atoms with Gasteiger partial charge in [0.2, 0.25) is 0 Å². The zero-order valence-corrected chi connectivity index (χ0v) is 10.1. The van der Waals surface area contributed by atoms with E-state index in [9.17, 15) is 9.90 Å². The second-order valence-corrected chi connectivity index (χ2v) is 4.96. The van der Waals surface area contributed by atoms with Crippen LogP contribution in [0.3, 0.4) is 0 Å². The normalized spacial score (nSPS) is 18.9. The lowest BCUT2D eigenvalue weighted by Gasteiger charge is -2.26. The summed E-state index contributed by atoms with van der Waals surface area (Å²) in [6, 6.07) is 0.407. The SMILES string of the molecule is CC(CCCn1ccnc1)(NC1CC1)C(=O)O. The molecule has 1 heterocycles. The molecule has 1 aromatic rings. The number of carboxylic acids is 1. The van der Waals surface area contributed by atoms with Gasteiger partial charge in [-0.3, -0.25) is 10.1 Å². The summed E-state index contributed by atoms with van der Waals surface area (Å²) >= 11 is 0. The van der Waals surface area contributed by atoms with Gasteiger partial charge < -0.3 is 9.67 Å². The summed E-state index contributed by atoms with van der Waals surface area (Å²) in [7, 11) is 0. The van der Waals surface area contributed by atoms with Crippen LogP contribution in [0.5, 0.6) is 0 Å². The molecule has 2 N–H and O–H groups in total. The van der Waals surface area contributed by atoms with E-state index in [1.165, 1.54) is 0 Å². The molecular formula is C12H19N3O2. The highest BCUT2D eigenvalue weighted by atomic mass is 16.4. The Balaban J connectivity index is 1.82. The standard InChI is InChI=1S/C12H19N3O2/c1-12(11(16)17,14-10-3-4-10)5-2-7-15-8-6-13-9-15/h6,8-10,14H,2-5,7H2,1H3,(H,16,17). The maximum absolute atomic E-state index is 11.3. The lowest BCUT2D eigenvalue weighted by atomic mass is 9.95. The maximum Gasteiger partial charge on any atom is 0.323 e. The fourth-order valence-electron chi connectivity index (χ4n) is 1.95. The number of nitrogens with zero attached hydrogens (tertiary/aromatic N) is 2. The number of imidazole rings is 1. The van der Waals surface area contributed by atoms with Crippen molar-refractivity contribution in [3.8, 4) is 0 Å². The second-order valence-electron chi connectivity index (χ2n) is 4.96. The molecule has 1 aromatic heterocycles. The van der Waals surface area contributed by atoms with E-state index < -0.39 is 11.5 Å². The van der Waals surface area contributed by atoms with Crippen LogP contribution in [0.4, 0.5) is 0 Å². The molecule has 1 fully saturated rings. The van der Waals surface area contributed by atoms with E-state index in [-0.39, 0.29) is 0 Å². The number of aryl methyl sites for hydroxylation is 1. The van der Waals surface area contributed by atoms with Gasteiger partial charge in [-0.15, -0.1) is 0 Å². The van der Waals surface area contributed by atoms with Crippen molar-refractivity contribution in [2.24, 2.45) is 0 Å². The predicted octanol–water partition coefficient (Wildman–Crippen LogP) is 1.26. The first kappa shape index (κ1) is 12.1. The van der Waals surface area contributed by atoms with Gasteiger partial charge in [0, 0.05) is 25.0 Å². The topological polar surface area (TPSA) is 67.2 Å². The largest absolute Gasteiger partial charge is 0.480 e. The fourth-order valence-corrected chi connectivity index (χ4v) is 1.95. The van der Waals surface area contributed by atoms with Crippen LogP contribution in [0.15, 0.2) is 18.7 Å². The summed E-state index contributed by atoms with van der Waals surface area (Å²) < 4.78 is 1.97. The van der Waals surface area contributed by atoms with Crippen LogP contribution in [0.25, 0.3) is 0 Å². The first-order valence-electron chi connectivity index (χ1n) is 6.07. The minimum Gasteiger partial charge on any atom is -0.480 e. The highest BCUT2D eigenvalue weighted by molar-refractivity contribution is 5.78. The Bertz CT molecular complexity index is 373. The number of carbonyl (C=O) groups is 1. The Kier molecular flexibility index (Phi) is 3.47. The predicted molar refractivity (Wildman–Crippen MR) is 63.7 cm³/mol. The van der Waals surface area contributed by atoms with Gasteiger partial charge >= 0.3 is 5.97 Å². The Labute approximate surface area is 101 Å². The minimum absolute atomic E-state index is 0.407. The molecule has 0 aromatic carbocycles. The molecule has 17 heavy (non-hydrogen) atoms. The third kappa shape index (κ3) is 3.30. The van der Waals surface area contributed by atoms with Gasteiger partial charge in [0.1, 0.15) is 5.54 Å². The molecule has 0 amide bonds. The van der Waals surface area contributed by atoms with Crippen molar-refractivity contribution in [3.05, 3.63) is 18.7 Å². The first-order valence-corrected chi connectivity index (χ1v) is 6.07. The monoisotopic (exact) mass is 237 g/mol. The van der Waals surface area contributed by atoms with E-state index in [0.717, 1.165) is 25.8 Å². The van der Waals surface area contributed by atoms with Gasteiger partial charge in [-0.05, 0) is 32.6 Å². The average molecular weight is 237 g/mol. The number of aromatic nitrogens is 2. The molecule has 5 nitrogen and oxygen atoms in total. The van der Waals surface area contributed by atoms with Crippen molar-refractivity contribution in [2.45, 2.75) is 50.7 Å². The molecule has 2 rings (SSSR count). The van der Waals surface area contributed by atoms with Crippen molar-refractivity contribution in [2.75, 3.05) is 0 Å². The molecule has 0 spiro atoms. The molecule has 0 bridgehead atoms. The minimum atomic E-state index is -0.790. The summed E-state index contributed by atoms with van der Waals surface area (Å²) in [5.74, 6) is -0.755. The van der Waals surface area contributed by atoms with Gasteiger partial charge in [0.05, 0.1) is 6.33 Å². The highest BCUT2D eigenvalue weighted by Gasteiger charge is 2.37. The third-order valence-corrected chi connectivity index (χ3v) is 3.22. The average Bonchev–Trinajstić information content (AvgIpc) is 2.93. The van der Waals surface area contributed by atoms with E-state index in [1.807, 2.05) is 10.8 Å². The molecular weight excluding hydrogens is 218 g/mol. The van der Waals surface area contributed by atoms with Crippen molar-refractivity contribution in [3.63, 3.8) is 0 Å². The summed E-state index contributed by atoms with van der Waals surface area (Å²) in [5.41, 5.74) is -0.790. The number of hydrogen-bond acceptors (Lipinski definition) is 3. The van der Waals surface area contributed by atoms with Crippen molar-refractivity contribution >= 4 is 5.97 Å². The highest BCUT2D eigenvalue weighted by Crippen LogP contribution is 2.25. The smallest absolute Gasteiger partial charge is 0.323 e. The van der Waals surface area contributed by atoms with Crippen LogP contribution in [0, 0.1) is 0 Å². The maximum atomic E-state index is 11.3. The number of aliphatic carboxylic acids is 1. The fraction of sp³-hybridized carbons (Fsp3) is 0.667.